The van der Waals surface area contributed by atoms with E-state index in [-0.39, 0.29) is 5.82 Å². The molecular weight excluding hydrogens is 359 g/mol. The molecule has 0 aliphatic heterocycles. The molecule has 0 spiro atoms. The fourth-order valence-electron chi connectivity index (χ4n) is 2.78. The average Bonchev–Trinajstić information content (AvgIpc) is 3.11. The van der Waals surface area contributed by atoms with Crippen molar-refractivity contribution in [2.45, 2.75) is 13.0 Å². The summed E-state index contributed by atoms with van der Waals surface area (Å²) in [4.78, 5) is 9.04. The topological polar surface area (TPSA) is 87.9 Å². The van der Waals surface area contributed by atoms with Crippen molar-refractivity contribution in [1.82, 2.24) is 19.7 Å². The molecule has 0 amide bonds. The Balaban J connectivity index is 1.81. The molecule has 4 aromatic rings. The average molecular weight is 378 g/mol. The maximum atomic E-state index is 13.6. The largest absolute Gasteiger partial charge is 0.392 e. The first-order valence-electron chi connectivity index (χ1n) is 8.86. The van der Waals surface area contributed by atoms with Crippen molar-refractivity contribution >= 4 is 28.5 Å². The van der Waals surface area contributed by atoms with Gasteiger partial charge in [-0.3, -0.25) is 0 Å². The van der Waals surface area contributed by atoms with E-state index in [9.17, 15) is 9.50 Å². The molecule has 0 unspecified atom stereocenters. The first-order chi connectivity index (χ1) is 13.6. The maximum absolute atomic E-state index is 13.6. The second kappa shape index (κ2) is 7.61. The third kappa shape index (κ3) is 3.77. The van der Waals surface area contributed by atoms with Crippen LogP contribution in [0.25, 0.3) is 16.7 Å². The summed E-state index contributed by atoms with van der Waals surface area (Å²) in [6.07, 6.45) is 1.11. The number of hydrogen-bond donors (Lipinski definition) is 3. The number of benzene rings is 2. The van der Waals surface area contributed by atoms with Crippen molar-refractivity contribution in [3.63, 3.8) is 0 Å². The minimum atomic E-state index is -0.557. The molecule has 8 heteroatoms. The van der Waals surface area contributed by atoms with Gasteiger partial charge >= 0.3 is 0 Å². The quantitative estimate of drug-likeness (QED) is 0.476. The minimum Gasteiger partial charge on any atom is -0.392 e. The second-order valence-electron chi connectivity index (χ2n) is 6.39. The van der Waals surface area contributed by atoms with Gasteiger partial charge in [0.15, 0.2) is 5.65 Å². The zero-order valence-corrected chi connectivity index (χ0v) is 15.2. The highest BCUT2D eigenvalue weighted by Gasteiger charge is 2.15. The van der Waals surface area contributed by atoms with E-state index in [0.717, 1.165) is 5.69 Å². The van der Waals surface area contributed by atoms with Gasteiger partial charge in [-0.1, -0.05) is 24.3 Å². The van der Waals surface area contributed by atoms with Gasteiger partial charge in [0, 0.05) is 12.2 Å². The number of halogens is 1. The van der Waals surface area contributed by atoms with Crippen LogP contribution in [-0.2, 0) is 0 Å². The van der Waals surface area contributed by atoms with Gasteiger partial charge in [0.1, 0.15) is 11.6 Å². The molecule has 7 nitrogen and oxygen atoms in total. The number of anilines is 3. The zero-order chi connectivity index (χ0) is 19.5. The Bertz CT molecular complexity index is 1100. The molecule has 0 radical (unpaired) electrons. The van der Waals surface area contributed by atoms with E-state index in [1.54, 1.807) is 29.9 Å². The molecule has 2 aromatic heterocycles. The van der Waals surface area contributed by atoms with Crippen LogP contribution < -0.4 is 10.6 Å². The Morgan fingerprint density at radius 1 is 1.11 bits per heavy atom. The van der Waals surface area contributed by atoms with Crippen molar-refractivity contribution in [2.24, 2.45) is 0 Å². The summed E-state index contributed by atoms with van der Waals surface area (Å²) in [6, 6.07) is 15.8. The highest BCUT2D eigenvalue weighted by atomic mass is 19.1. The van der Waals surface area contributed by atoms with Crippen LogP contribution in [0.15, 0.2) is 60.8 Å². The number of para-hydroxylation sites is 1. The van der Waals surface area contributed by atoms with E-state index in [0.29, 0.717) is 35.0 Å². The van der Waals surface area contributed by atoms with E-state index in [2.05, 4.69) is 25.7 Å². The number of nitrogens with one attached hydrogen (secondary N) is 2. The van der Waals surface area contributed by atoms with Crippen molar-refractivity contribution < 1.29 is 9.50 Å². The van der Waals surface area contributed by atoms with Gasteiger partial charge in [-0.05, 0) is 37.3 Å². The number of rotatable bonds is 6. The molecule has 0 aliphatic rings. The first-order valence-corrected chi connectivity index (χ1v) is 8.86. The summed E-state index contributed by atoms with van der Waals surface area (Å²) in [5, 5.41) is 20.8. The Labute approximate surface area is 160 Å². The van der Waals surface area contributed by atoms with Crippen molar-refractivity contribution in [2.75, 3.05) is 17.2 Å². The van der Waals surface area contributed by atoms with Crippen LogP contribution in [0.3, 0.4) is 0 Å². The summed E-state index contributed by atoms with van der Waals surface area (Å²) in [7, 11) is 0. The monoisotopic (exact) mass is 378 g/mol. The van der Waals surface area contributed by atoms with Gasteiger partial charge < -0.3 is 15.7 Å². The van der Waals surface area contributed by atoms with Gasteiger partial charge in [0.05, 0.1) is 23.4 Å². The maximum Gasteiger partial charge on any atom is 0.226 e. The highest BCUT2D eigenvalue weighted by Crippen LogP contribution is 2.27. The van der Waals surface area contributed by atoms with Gasteiger partial charge in [-0.2, -0.15) is 15.1 Å². The van der Waals surface area contributed by atoms with Crippen LogP contribution >= 0.6 is 0 Å². The summed E-state index contributed by atoms with van der Waals surface area (Å²) in [6.45, 7) is 1.97. The molecule has 0 fully saturated rings. The minimum absolute atomic E-state index is 0.296. The Hall–Kier alpha value is -3.52. The van der Waals surface area contributed by atoms with E-state index in [4.69, 9.17) is 0 Å². The van der Waals surface area contributed by atoms with Crippen LogP contribution in [-0.4, -0.2) is 37.5 Å². The Morgan fingerprint density at radius 3 is 2.68 bits per heavy atom. The van der Waals surface area contributed by atoms with Crippen LogP contribution in [0.1, 0.15) is 6.92 Å². The lowest BCUT2D eigenvalue weighted by molar-refractivity contribution is 0.208. The van der Waals surface area contributed by atoms with Crippen LogP contribution in [0.2, 0.25) is 0 Å². The number of aliphatic hydroxyl groups is 1. The number of hydrogen-bond acceptors (Lipinski definition) is 6. The van der Waals surface area contributed by atoms with Crippen LogP contribution in [0, 0.1) is 5.82 Å². The number of aliphatic hydroxyl groups excluding tert-OH is 1. The Morgan fingerprint density at radius 2 is 1.93 bits per heavy atom. The third-order valence-corrected chi connectivity index (χ3v) is 4.07. The van der Waals surface area contributed by atoms with Crippen LogP contribution in [0.5, 0.6) is 0 Å². The summed E-state index contributed by atoms with van der Waals surface area (Å²) < 4.78 is 15.3. The second-order valence-corrected chi connectivity index (χ2v) is 6.39. The smallest absolute Gasteiger partial charge is 0.226 e. The SMILES string of the molecule is C[C@H](O)CNc1nc(Nc2cccc(F)c2)c2cnn(-c3ccccc3)c2n1. The molecule has 28 heavy (non-hydrogen) atoms. The van der Waals surface area contributed by atoms with Crippen molar-refractivity contribution in [3.05, 3.63) is 66.6 Å². The molecule has 2 aromatic carbocycles. The zero-order valence-electron chi connectivity index (χ0n) is 15.2. The fraction of sp³-hybridized carbons (Fsp3) is 0.150. The lowest BCUT2D eigenvalue weighted by atomic mass is 10.3. The fourth-order valence-corrected chi connectivity index (χ4v) is 2.78. The molecular formula is C20H19FN6O. The lowest BCUT2D eigenvalue weighted by Crippen LogP contribution is -2.17. The molecule has 142 valence electrons. The molecule has 4 rings (SSSR count). The molecule has 0 saturated carbocycles. The number of nitrogens with zero attached hydrogens (tertiary/aromatic N) is 4. The van der Waals surface area contributed by atoms with Crippen molar-refractivity contribution in [1.29, 1.82) is 0 Å². The first kappa shape index (κ1) is 17.9. The Kier molecular flexibility index (Phi) is 4.86. The van der Waals surface area contributed by atoms with Gasteiger partial charge in [-0.15, -0.1) is 0 Å². The lowest BCUT2D eigenvalue weighted by Gasteiger charge is -2.12. The highest BCUT2D eigenvalue weighted by molar-refractivity contribution is 5.90. The van der Waals surface area contributed by atoms with E-state index in [1.165, 1.54) is 12.1 Å². The number of fused-ring (bicyclic) bond motifs is 1. The normalized spacial score (nSPS) is 12.1. The van der Waals surface area contributed by atoms with Gasteiger partial charge in [-0.25, -0.2) is 9.07 Å². The van der Waals surface area contributed by atoms with Gasteiger partial charge in [0.25, 0.3) is 0 Å². The summed E-state index contributed by atoms with van der Waals surface area (Å²) in [5.41, 5.74) is 2.01. The molecule has 0 aliphatic carbocycles. The van der Waals surface area contributed by atoms with Crippen molar-refractivity contribution in [3.8, 4) is 5.69 Å². The molecule has 3 N–H and O–H groups in total. The standard InChI is InChI=1S/C20H19FN6O/c1-13(28)11-22-20-25-18(24-15-7-5-6-14(21)10-15)17-12-23-27(19(17)26-20)16-8-3-2-4-9-16/h2-10,12-13,28H,11H2,1H3,(H2,22,24,25,26)/t13-/m0/s1. The molecule has 0 saturated heterocycles. The number of aromatic nitrogens is 4. The van der Waals surface area contributed by atoms with E-state index < -0.39 is 6.10 Å². The van der Waals surface area contributed by atoms with E-state index >= 15 is 0 Å². The predicted molar refractivity (Wildman–Crippen MR) is 107 cm³/mol. The molecule has 2 heterocycles. The van der Waals surface area contributed by atoms with Crippen LogP contribution in [0.4, 0.5) is 21.8 Å². The molecule has 1 atom stereocenters. The molecule has 0 bridgehead atoms. The summed E-state index contributed by atoms with van der Waals surface area (Å²) >= 11 is 0. The third-order valence-electron chi connectivity index (χ3n) is 4.07. The van der Waals surface area contributed by atoms with E-state index in [1.807, 2.05) is 30.3 Å². The summed E-state index contributed by atoms with van der Waals surface area (Å²) in [5.74, 6) is 0.485. The predicted octanol–water partition coefficient (Wildman–Crippen LogP) is 3.49. The van der Waals surface area contributed by atoms with Gasteiger partial charge in [0.2, 0.25) is 5.95 Å².